The summed E-state index contributed by atoms with van der Waals surface area (Å²) in [7, 11) is 0. The number of nitriles is 1. The van der Waals surface area contributed by atoms with Crippen molar-refractivity contribution in [3.05, 3.63) is 24.0 Å². The summed E-state index contributed by atoms with van der Waals surface area (Å²) in [6.45, 7) is 1.26. The second-order valence-corrected chi connectivity index (χ2v) is 4.43. The van der Waals surface area contributed by atoms with E-state index in [4.69, 9.17) is 10.4 Å². The second-order valence-electron chi connectivity index (χ2n) is 3.36. The highest BCUT2D eigenvalue weighted by molar-refractivity contribution is 7.99. The van der Waals surface area contributed by atoms with Crippen LogP contribution in [0.4, 0.5) is 0 Å². The summed E-state index contributed by atoms with van der Waals surface area (Å²) in [6, 6.07) is 4.28. The Hall–Kier alpha value is -2.07. The molecule has 1 heterocycles. The molecule has 0 bridgehead atoms. The van der Waals surface area contributed by atoms with Crippen LogP contribution in [0.2, 0.25) is 0 Å². The SMILES string of the molecule is CC(=O)N[C@@H](CSc1cccnc1C#N)C(=O)O. The van der Waals surface area contributed by atoms with Crippen molar-refractivity contribution in [2.24, 2.45) is 0 Å². The predicted octanol–water partition coefficient (Wildman–Crippen LogP) is 0.635. The van der Waals surface area contributed by atoms with Crippen molar-refractivity contribution < 1.29 is 14.7 Å². The largest absolute Gasteiger partial charge is 0.480 e. The zero-order chi connectivity index (χ0) is 13.5. The quantitative estimate of drug-likeness (QED) is 0.757. The number of hydrogen-bond acceptors (Lipinski definition) is 5. The summed E-state index contributed by atoms with van der Waals surface area (Å²) in [5.74, 6) is -1.38. The molecule has 0 aliphatic rings. The molecule has 6 nitrogen and oxygen atoms in total. The molecule has 1 aromatic rings. The fraction of sp³-hybridized carbons (Fsp3) is 0.273. The lowest BCUT2D eigenvalue weighted by Gasteiger charge is -2.12. The van der Waals surface area contributed by atoms with Gasteiger partial charge in [0.2, 0.25) is 5.91 Å². The summed E-state index contributed by atoms with van der Waals surface area (Å²) in [5.41, 5.74) is 0.245. The van der Waals surface area contributed by atoms with Gasteiger partial charge in [0, 0.05) is 23.8 Å². The first-order valence-electron chi connectivity index (χ1n) is 5.02. The van der Waals surface area contributed by atoms with Crippen molar-refractivity contribution in [3.63, 3.8) is 0 Å². The smallest absolute Gasteiger partial charge is 0.327 e. The molecule has 0 aliphatic carbocycles. The van der Waals surface area contributed by atoms with Crippen LogP contribution in [-0.4, -0.2) is 33.8 Å². The molecule has 0 aliphatic heterocycles. The van der Waals surface area contributed by atoms with E-state index in [-0.39, 0.29) is 11.4 Å². The zero-order valence-electron chi connectivity index (χ0n) is 9.58. The third-order valence-electron chi connectivity index (χ3n) is 1.96. The molecular weight excluding hydrogens is 254 g/mol. The summed E-state index contributed by atoms with van der Waals surface area (Å²) >= 11 is 1.17. The Labute approximate surface area is 108 Å². The topological polar surface area (TPSA) is 103 Å². The Kier molecular flexibility index (Phi) is 5.14. The van der Waals surface area contributed by atoms with Gasteiger partial charge in [0.05, 0.1) is 0 Å². The van der Waals surface area contributed by atoms with Gasteiger partial charge in [0.15, 0.2) is 5.69 Å². The van der Waals surface area contributed by atoms with E-state index >= 15 is 0 Å². The Morgan fingerprint density at radius 2 is 2.39 bits per heavy atom. The van der Waals surface area contributed by atoms with Crippen molar-refractivity contribution in [2.75, 3.05) is 5.75 Å². The maximum Gasteiger partial charge on any atom is 0.327 e. The lowest BCUT2D eigenvalue weighted by Crippen LogP contribution is -2.41. The maximum atomic E-state index is 10.9. The molecule has 18 heavy (non-hydrogen) atoms. The molecule has 0 saturated heterocycles. The molecule has 1 amide bonds. The molecule has 7 heteroatoms. The molecule has 0 fully saturated rings. The number of aliphatic carboxylic acids is 1. The van der Waals surface area contributed by atoms with E-state index in [0.29, 0.717) is 4.90 Å². The lowest BCUT2D eigenvalue weighted by atomic mass is 10.3. The number of thioether (sulfide) groups is 1. The third-order valence-corrected chi connectivity index (χ3v) is 3.10. The van der Waals surface area contributed by atoms with E-state index in [2.05, 4.69) is 10.3 Å². The Morgan fingerprint density at radius 3 is 2.94 bits per heavy atom. The number of hydrogen-bond donors (Lipinski definition) is 2. The molecule has 0 unspecified atom stereocenters. The summed E-state index contributed by atoms with van der Waals surface area (Å²) in [6.07, 6.45) is 1.49. The Bertz CT molecular complexity index is 499. The Morgan fingerprint density at radius 1 is 1.67 bits per heavy atom. The molecule has 0 aromatic carbocycles. The number of amides is 1. The van der Waals surface area contributed by atoms with Gasteiger partial charge in [-0.15, -0.1) is 11.8 Å². The number of carbonyl (C=O) groups excluding carboxylic acids is 1. The molecule has 0 saturated carbocycles. The Balaban J connectivity index is 2.70. The van der Waals surface area contributed by atoms with Gasteiger partial charge in [-0.25, -0.2) is 9.78 Å². The summed E-state index contributed by atoms with van der Waals surface area (Å²) in [5, 5.41) is 20.1. The van der Waals surface area contributed by atoms with E-state index in [1.807, 2.05) is 6.07 Å². The minimum atomic E-state index is -1.11. The summed E-state index contributed by atoms with van der Waals surface area (Å²) in [4.78, 5) is 26.2. The normalized spacial score (nSPS) is 11.3. The minimum Gasteiger partial charge on any atom is -0.480 e. The van der Waals surface area contributed by atoms with E-state index in [0.717, 1.165) is 0 Å². The monoisotopic (exact) mass is 265 g/mol. The van der Waals surface area contributed by atoms with Gasteiger partial charge < -0.3 is 10.4 Å². The number of pyridine rings is 1. The fourth-order valence-electron chi connectivity index (χ4n) is 1.18. The van der Waals surface area contributed by atoms with E-state index in [1.165, 1.54) is 24.9 Å². The van der Waals surface area contributed by atoms with Crippen LogP contribution in [-0.2, 0) is 9.59 Å². The van der Waals surface area contributed by atoms with Crippen LogP contribution in [0.1, 0.15) is 12.6 Å². The van der Waals surface area contributed by atoms with Crippen LogP contribution in [0.15, 0.2) is 23.2 Å². The fourth-order valence-corrected chi connectivity index (χ4v) is 2.17. The van der Waals surface area contributed by atoms with Crippen LogP contribution in [0.5, 0.6) is 0 Å². The number of carboxylic acid groups (broad SMARTS) is 1. The van der Waals surface area contributed by atoms with E-state index in [1.54, 1.807) is 12.1 Å². The average Bonchev–Trinajstić information content (AvgIpc) is 2.34. The second kappa shape index (κ2) is 6.61. The van der Waals surface area contributed by atoms with Gasteiger partial charge in [0.25, 0.3) is 0 Å². The van der Waals surface area contributed by atoms with Crippen LogP contribution in [0.25, 0.3) is 0 Å². The van der Waals surface area contributed by atoms with Crippen molar-refractivity contribution in [1.82, 2.24) is 10.3 Å². The lowest BCUT2D eigenvalue weighted by molar-refractivity contribution is -0.140. The van der Waals surface area contributed by atoms with E-state index in [9.17, 15) is 9.59 Å². The van der Waals surface area contributed by atoms with Crippen molar-refractivity contribution >= 4 is 23.6 Å². The van der Waals surface area contributed by atoms with Crippen LogP contribution in [0.3, 0.4) is 0 Å². The van der Waals surface area contributed by atoms with Crippen molar-refractivity contribution in [2.45, 2.75) is 17.9 Å². The highest BCUT2D eigenvalue weighted by atomic mass is 32.2. The number of carbonyl (C=O) groups is 2. The number of nitrogens with one attached hydrogen (secondary N) is 1. The average molecular weight is 265 g/mol. The van der Waals surface area contributed by atoms with Crippen molar-refractivity contribution in [1.29, 1.82) is 5.26 Å². The molecule has 1 rings (SSSR count). The molecule has 0 spiro atoms. The van der Waals surface area contributed by atoms with Crippen LogP contribution < -0.4 is 5.32 Å². The highest BCUT2D eigenvalue weighted by Crippen LogP contribution is 2.21. The predicted molar refractivity (Wildman–Crippen MR) is 64.9 cm³/mol. The van der Waals surface area contributed by atoms with E-state index < -0.39 is 17.9 Å². The first-order valence-corrected chi connectivity index (χ1v) is 6.01. The summed E-state index contributed by atoms with van der Waals surface area (Å²) < 4.78 is 0. The number of carboxylic acids is 1. The van der Waals surface area contributed by atoms with Gasteiger partial charge in [0.1, 0.15) is 12.1 Å². The minimum absolute atomic E-state index is 0.134. The first-order chi connectivity index (χ1) is 8.54. The van der Waals surface area contributed by atoms with Gasteiger partial charge in [-0.3, -0.25) is 4.79 Å². The molecule has 94 valence electrons. The molecular formula is C11H11N3O3S. The van der Waals surface area contributed by atoms with Crippen molar-refractivity contribution in [3.8, 4) is 6.07 Å². The number of aromatic nitrogens is 1. The third kappa shape index (κ3) is 4.07. The van der Waals surface area contributed by atoms with Crippen LogP contribution >= 0.6 is 11.8 Å². The number of rotatable bonds is 5. The zero-order valence-corrected chi connectivity index (χ0v) is 10.4. The van der Waals surface area contributed by atoms with Gasteiger partial charge in [-0.05, 0) is 12.1 Å². The molecule has 2 N–H and O–H groups in total. The molecule has 1 aromatic heterocycles. The first kappa shape index (κ1) is 14.0. The van der Waals surface area contributed by atoms with Crippen LogP contribution in [0, 0.1) is 11.3 Å². The number of nitrogens with zero attached hydrogens (tertiary/aromatic N) is 2. The molecule has 1 atom stereocenters. The molecule has 0 radical (unpaired) electrons. The van der Waals surface area contributed by atoms with Gasteiger partial charge in [-0.2, -0.15) is 5.26 Å². The van der Waals surface area contributed by atoms with Gasteiger partial charge in [-0.1, -0.05) is 0 Å². The highest BCUT2D eigenvalue weighted by Gasteiger charge is 2.19. The van der Waals surface area contributed by atoms with Gasteiger partial charge >= 0.3 is 5.97 Å². The standard InChI is InChI=1S/C11H11N3O3S/c1-7(15)14-9(11(16)17)6-18-10-3-2-4-13-8(10)5-12/h2-4,9H,6H2,1H3,(H,14,15)(H,16,17)/t9-/m0/s1. The maximum absolute atomic E-state index is 10.9.